The molecule has 15 heavy (non-hydrogen) atoms. The third-order valence-electron chi connectivity index (χ3n) is 2.56. The second kappa shape index (κ2) is 5.97. The number of H-pyrrole nitrogens is 1. The van der Waals surface area contributed by atoms with Crippen LogP contribution in [0.4, 0.5) is 0 Å². The Balaban J connectivity index is 2.18. The van der Waals surface area contributed by atoms with Crippen LogP contribution in [-0.2, 0) is 6.54 Å². The summed E-state index contributed by atoms with van der Waals surface area (Å²) >= 11 is 4.98. The van der Waals surface area contributed by atoms with Crippen LogP contribution in [0.15, 0.2) is 0 Å². The van der Waals surface area contributed by atoms with Crippen molar-refractivity contribution < 1.29 is 0 Å². The maximum atomic E-state index is 4.98. The molecule has 0 radical (unpaired) electrons. The van der Waals surface area contributed by atoms with E-state index in [-0.39, 0.29) is 0 Å². The lowest BCUT2D eigenvalue weighted by atomic mass is 10.2. The maximum absolute atomic E-state index is 4.98. The summed E-state index contributed by atoms with van der Waals surface area (Å²) in [5.74, 6) is 0. The largest absolute Gasteiger partial charge is 0.304 e. The Kier molecular flexibility index (Phi) is 4.90. The molecule has 0 spiro atoms. The molecule has 0 amide bonds. The first-order valence-corrected chi connectivity index (χ1v) is 5.70. The third-order valence-corrected chi connectivity index (χ3v) is 2.86. The van der Waals surface area contributed by atoms with E-state index in [2.05, 4.69) is 41.3 Å². The Hall–Kier alpha value is -0.750. The number of aromatic amines is 1. The van der Waals surface area contributed by atoms with Crippen molar-refractivity contribution in [2.24, 2.45) is 0 Å². The summed E-state index contributed by atoms with van der Waals surface area (Å²) in [6, 6.07) is 0.612. The van der Waals surface area contributed by atoms with Crippen molar-refractivity contribution in [3.05, 3.63) is 4.77 Å². The van der Waals surface area contributed by atoms with Gasteiger partial charge in [0.05, 0.1) is 0 Å². The Bertz CT molecular complexity index is 329. The minimum absolute atomic E-state index is 0.534. The van der Waals surface area contributed by atoms with Gasteiger partial charge in [-0.05, 0) is 52.5 Å². The van der Waals surface area contributed by atoms with E-state index in [1.54, 1.807) is 4.68 Å². The molecule has 1 N–H and O–H groups in total. The number of nitrogens with zero attached hydrogens (tertiary/aromatic N) is 4. The van der Waals surface area contributed by atoms with Crippen molar-refractivity contribution >= 4 is 12.2 Å². The van der Waals surface area contributed by atoms with Gasteiger partial charge in [0.2, 0.25) is 4.77 Å². The minimum Gasteiger partial charge on any atom is -0.304 e. The number of rotatable bonds is 6. The van der Waals surface area contributed by atoms with Gasteiger partial charge in [-0.2, -0.15) is 5.21 Å². The van der Waals surface area contributed by atoms with E-state index in [1.165, 1.54) is 0 Å². The Morgan fingerprint density at radius 3 is 2.73 bits per heavy atom. The number of nitrogens with one attached hydrogen (secondary N) is 1. The molecule has 1 heterocycles. The highest BCUT2D eigenvalue weighted by Crippen LogP contribution is 1.99. The predicted molar refractivity (Wildman–Crippen MR) is 62.2 cm³/mol. The Labute approximate surface area is 95.5 Å². The normalized spacial score (nSPS) is 11.5. The average Bonchev–Trinajstić information content (AvgIpc) is 2.58. The summed E-state index contributed by atoms with van der Waals surface area (Å²) in [6.07, 6.45) is 2.25. The van der Waals surface area contributed by atoms with Crippen LogP contribution in [0.2, 0.25) is 0 Å². The van der Waals surface area contributed by atoms with Crippen LogP contribution in [0.1, 0.15) is 26.7 Å². The molecule has 1 rings (SSSR count). The zero-order valence-electron chi connectivity index (χ0n) is 9.60. The van der Waals surface area contributed by atoms with E-state index in [1.807, 2.05) is 0 Å². The number of tetrazole rings is 1. The van der Waals surface area contributed by atoms with Crippen LogP contribution in [-0.4, -0.2) is 44.7 Å². The molecule has 0 unspecified atom stereocenters. The lowest BCUT2D eigenvalue weighted by Crippen LogP contribution is -2.27. The third kappa shape index (κ3) is 4.09. The van der Waals surface area contributed by atoms with E-state index >= 15 is 0 Å². The molecule has 0 atom stereocenters. The molecule has 6 heteroatoms. The fourth-order valence-electron chi connectivity index (χ4n) is 1.25. The fourth-order valence-corrected chi connectivity index (χ4v) is 1.42. The van der Waals surface area contributed by atoms with Gasteiger partial charge in [0, 0.05) is 12.6 Å². The lowest BCUT2D eigenvalue weighted by Gasteiger charge is -2.20. The minimum atomic E-state index is 0.534. The van der Waals surface area contributed by atoms with Crippen molar-refractivity contribution in [3.63, 3.8) is 0 Å². The second-order valence-corrected chi connectivity index (χ2v) is 4.38. The molecule has 86 valence electrons. The lowest BCUT2D eigenvalue weighted by molar-refractivity contribution is 0.265. The number of aromatic nitrogens is 4. The van der Waals surface area contributed by atoms with Gasteiger partial charge in [0.15, 0.2) is 0 Å². The fraction of sp³-hybridized carbons (Fsp3) is 0.889. The Morgan fingerprint density at radius 1 is 1.47 bits per heavy atom. The van der Waals surface area contributed by atoms with E-state index in [0.29, 0.717) is 10.8 Å². The summed E-state index contributed by atoms with van der Waals surface area (Å²) < 4.78 is 2.33. The molecule has 0 saturated carbocycles. The molecular formula is C9H19N5S. The van der Waals surface area contributed by atoms with Gasteiger partial charge in [-0.3, -0.25) is 0 Å². The Morgan fingerprint density at radius 2 is 2.20 bits per heavy atom. The van der Waals surface area contributed by atoms with Crippen molar-refractivity contribution in [2.45, 2.75) is 39.3 Å². The van der Waals surface area contributed by atoms with Gasteiger partial charge in [0.25, 0.3) is 0 Å². The van der Waals surface area contributed by atoms with Gasteiger partial charge in [0.1, 0.15) is 0 Å². The zero-order valence-corrected chi connectivity index (χ0v) is 10.4. The first-order chi connectivity index (χ1) is 7.11. The van der Waals surface area contributed by atoms with E-state index in [4.69, 9.17) is 12.2 Å². The van der Waals surface area contributed by atoms with Crippen molar-refractivity contribution in [2.75, 3.05) is 13.6 Å². The molecule has 5 nitrogen and oxygen atoms in total. The molecule has 0 bridgehead atoms. The second-order valence-electron chi connectivity index (χ2n) is 4.02. The summed E-state index contributed by atoms with van der Waals surface area (Å²) in [5.41, 5.74) is 0. The highest BCUT2D eigenvalue weighted by atomic mass is 32.1. The van der Waals surface area contributed by atoms with Gasteiger partial charge >= 0.3 is 0 Å². The van der Waals surface area contributed by atoms with Crippen LogP contribution in [0.25, 0.3) is 0 Å². The van der Waals surface area contributed by atoms with Gasteiger partial charge < -0.3 is 4.90 Å². The number of hydrogen-bond donors (Lipinski definition) is 1. The standard InChI is InChI=1S/C9H19N5S/c1-8(2)13(3)6-4-5-7-14-9(15)10-11-12-14/h8H,4-7H2,1-3H3,(H,10,12,15). The molecular weight excluding hydrogens is 210 g/mol. The van der Waals surface area contributed by atoms with Crippen LogP contribution in [0.3, 0.4) is 0 Å². The zero-order chi connectivity index (χ0) is 11.3. The van der Waals surface area contributed by atoms with Crippen LogP contribution in [0, 0.1) is 4.77 Å². The first kappa shape index (κ1) is 12.3. The quantitative estimate of drug-likeness (QED) is 0.592. The molecule has 0 aliphatic heterocycles. The van der Waals surface area contributed by atoms with Gasteiger partial charge in [-0.25, -0.2) is 4.68 Å². The molecule has 0 fully saturated rings. The van der Waals surface area contributed by atoms with E-state index in [0.717, 1.165) is 25.9 Å². The highest BCUT2D eigenvalue weighted by Gasteiger charge is 2.02. The van der Waals surface area contributed by atoms with E-state index < -0.39 is 0 Å². The monoisotopic (exact) mass is 229 g/mol. The summed E-state index contributed by atoms with van der Waals surface area (Å²) in [6.45, 7) is 6.40. The molecule has 0 aliphatic carbocycles. The number of aryl methyl sites for hydroxylation is 1. The van der Waals surface area contributed by atoms with Crippen LogP contribution < -0.4 is 0 Å². The number of hydrogen-bond acceptors (Lipinski definition) is 4. The average molecular weight is 229 g/mol. The van der Waals surface area contributed by atoms with Crippen molar-refractivity contribution in [3.8, 4) is 0 Å². The molecule has 1 aromatic rings. The topological polar surface area (TPSA) is 49.7 Å². The summed E-state index contributed by atoms with van der Waals surface area (Å²) in [7, 11) is 2.15. The van der Waals surface area contributed by atoms with Crippen LogP contribution >= 0.6 is 12.2 Å². The smallest absolute Gasteiger partial charge is 0.238 e. The first-order valence-electron chi connectivity index (χ1n) is 5.29. The molecule has 0 saturated heterocycles. The maximum Gasteiger partial charge on any atom is 0.238 e. The molecule has 0 aromatic carbocycles. The van der Waals surface area contributed by atoms with Crippen molar-refractivity contribution in [1.82, 2.24) is 25.1 Å². The molecule has 0 aliphatic rings. The van der Waals surface area contributed by atoms with Gasteiger partial charge in [-0.1, -0.05) is 10.3 Å². The molecule has 1 aromatic heterocycles. The summed E-state index contributed by atoms with van der Waals surface area (Å²) in [4.78, 5) is 2.34. The highest BCUT2D eigenvalue weighted by molar-refractivity contribution is 7.71. The van der Waals surface area contributed by atoms with E-state index in [9.17, 15) is 0 Å². The van der Waals surface area contributed by atoms with Crippen molar-refractivity contribution in [1.29, 1.82) is 0 Å². The SMILES string of the molecule is CC(C)N(C)CCCCn1[nH]nnc1=S. The van der Waals surface area contributed by atoms with Crippen LogP contribution in [0.5, 0.6) is 0 Å². The predicted octanol–water partition coefficient (Wildman–Crippen LogP) is 1.46. The van der Waals surface area contributed by atoms with Gasteiger partial charge in [-0.15, -0.1) is 0 Å². The summed E-state index contributed by atoms with van der Waals surface area (Å²) in [5, 5.41) is 10.1. The number of unbranched alkanes of at least 4 members (excludes halogenated alkanes) is 1.